The van der Waals surface area contributed by atoms with Gasteiger partial charge in [-0.3, -0.25) is 4.79 Å². The van der Waals surface area contributed by atoms with Crippen molar-refractivity contribution < 1.29 is 4.79 Å². The van der Waals surface area contributed by atoms with E-state index in [4.69, 9.17) is 0 Å². The highest BCUT2D eigenvalue weighted by Gasteiger charge is 2.22. The first-order valence-electron chi connectivity index (χ1n) is 8.47. The van der Waals surface area contributed by atoms with Crippen molar-refractivity contribution in [1.82, 2.24) is 4.90 Å². The molecule has 0 saturated heterocycles. The molecule has 0 saturated carbocycles. The summed E-state index contributed by atoms with van der Waals surface area (Å²) in [5, 5.41) is 0. The number of Topliss-reactive ketones (excluding diaryl/α,β-unsaturated/α-hetero) is 1. The van der Waals surface area contributed by atoms with Crippen molar-refractivity contribution in [3.63, 3.8) is 0 Å². The van der Waals surface area contributed by atoms with Crippen molar-refractivity contribution in [3.8, 4) is 0 Å². The van der Waals surface area contributed by atoms with Gasteiger partial charge in [-0.05, 0) is 35.7 Å². The van der Waals surface area contributed by atoms with E-state index in [1.165, 1.54) is 16.7 Å². The van der Waals surface area contributed by atoms with Gasteiger partial charge in [0.25, 0.3) is 0 Å². The van der Waals surface area contributed by atoms with E-state index in [-0.39, 0.29) is 11.7 Å². The second-order valence-corrected chi connectivity index (χ2v) is 7.43. The molecule has 2 aromatic carbocycles. The predicted octanol–water partition coefficient (Wildman–Crippen LogP) is 5.23. The molecule has 3 heteroatoms. The molecule has 0 bridgehead atoms. The summed E-state index contributed by atoms with van der Waals surface area (Å²) in [6.45, 7) is 2.96. The first-order valence-corrected chi connectivity index (χ1v) is 9.26. The van der Waals surface area contributed by atoms with Crippen LogP contribution in [0.25, 0.3) is 0 Å². The Morgan fingerprint density at radius 2 is 1.88 bits per heavy atom. The summed E-state index contributed by atoms with van der Waals surface area (Å²) in [6.07, 6.45) is 6.39. The minimum absolute atomic E-state index is 0.0586. The number of hydrogen-bond acceptors (Lipinski definition) is 2. The average Bonchev–Trinajstić information content (AvgIpc) is 2.61. The highest BCUT2D eigenvalue weighted by molar-refractivity contribution is 9.10. The molecule has 0 spiro atoms. The molecule has 1 heterocycles. The van der Waals surface area contributed by atoms with Crippen LogP contribution in [-0.4, -0.2) is 24.3 Å². The van der Waals surface area contributed by atoms with E-state index >= 15 is 0 Å². The zero-order chi connectivity index (χ0) is 17.8. The Morgan fingerprint density at radius 1 is 1.16 bits per heavy atom. The first-order chi connectivity index (χ1) is 12.0. The van der Waals surface area contributed by atoms with Crippen molar-refractivity contribution >= 4 is 21.7 Å². The second kappa shape index (κ2) is 7.83. The van der Waals surface area contributed by atoms with Gasteiger partial charge < -0.3 is 4.90 Å². The van der Waals surface area contributed by atoms with Crippen LogP contribution in [0, 0.1) is 6.92 Å². The molecule has 0 unspecified atom stereocenters. The number of halogens is 1. The minimum atomic E-state index is 0.0586. The Morgan fingerprint density at radius 3 is 2.56 bits per heavy atom. The largest absolute Gasteiger partial charge is 0.376 e. The Kier molecular flexibility index (Phi) is 5.54. The van der Waals surface area contributed by atoms with Crippen LogP contribution >= 0.6 is 15.9 Å². The summed E-state index contributed by atoms with van der Waals surface area (Å²) in [4.78, 5) is 15.0. The highest BCUT2D eigenvalue weighted by Crippen LogP contribution is 2.32. The molecule has 2 aromatic rings. The van der Waals surface area contributed by atoms with Crippen LogP contribution in [0.1, 0.15) is 29.0 Å². The van der Waals surface area contributed by atoms with Crippen LogP contribution in [0.15, 0.2) is 76.9 Å². The van der Waals surface area contributed by atoms with E-state index in [1.54, 1.807) is 0 Å². The minimum Gasteiger partial charge on any atom is -0.376 e. The Labute approximate surface area is 158 Å². The van der Waals surface area contributed by atoms with E-state index in [9.17, 15) is 4.79 Å². The van der Waals surface area contributed by atoms with E-state index in [1.807, 2.05) is 54.6 Å². The van der Waals surface area contributed by atoms with Crippen LogP contribution in [-0.2, 0) is 4.79 Å². The zero-order valence-electron chi connectivity index (χ0n) is 14.6. The molecule has 2 nitrogen and oxygen atoms in total. The monoisotopic (exact) mass is 395 g/mol. The van der Waals surface area contributed by atoms with Gasteiger partial charge in [0.05, 0.1) is 0 Å². The molecule has 0 N–H and O–H groups in total. The van der Waals surface area contributed by atoms with Gasteiger partial charge in [0.1, 0.15) is 0 Å². The number of carbonyl (C=O) groups is 1. The van der Waals surface area contributed by atoms with Crippen molar-refractivity contribution in [3.05, 3.63) is 93.6 Å². The van der Waals surface area contributed by atoms with Crippen molar-refractivity contribution in [2.75, 3.05) is 13.6 Å². The highest BCUT2D eigenvalue weighted by atomic mass is 79.9. The van der Waals surface area contributed by atoms with Crippen LogP contribution in [0.3, 0.4) is 0 Å². The SMILES string of the molecule is Cc1ccccc1[C@@H](CC(=O)C1=CN(C)CC=C1)c1ccc(Br)cc1. The van der Waals surface area contributed by atoms with Gasteiger partial charge in [-0.15, -0.1) is 0 Å². The van der Waals surface area contributed by atoms with Gasteiger partial charge in [-0.25, -0.2) is 0 Å². The topological polar surface area (TPSA) is 20.3 Å². The van der Waals surface area contributed by atoms with Gasteiger partial charge in [0, 0.05) is 42.2 Å². The van der Waals surface area contributed by atoms with Gasteiger partial charge in [0.2, 0.25) is 0 Å². The number of aryl methyl sites for hydroxylation is 1. The number of nitrogens with zero attached hydrogens (tertiary/aromatic N) is 1. The summed E-state index contributed by atoms with van der Waals surface area (Å²) >= 11 is 3.49. The lowest BCUT2D eigenvalue weighted by atomic mass is 9.83. The van der Waals surface area contributed by atoms with Crippen LogP contribution in [0.2, 0.25) is 0 Å². The molecule has 0 aromatic heterocycles. The number of likely N-dealkylation sites (N-methyl/N-ethyl adjacent to an activating group) is 1. The number of hydrogen-bond donors (Lipinski definition) is 0. The van der Waals surface area contributed by atoms with Crippen LogP contribution in [0.5, 0.6) is 0 Å². The maximum atomic E-state index is 12.9. The van der Waals surface area contributed by atoms with E-state index < -0.39 is 0 Å². The van der Waals surface area contributed by atoms with Gasteiger partial charge in [0.15, 0.2) is 5.78 Å². The Hall–Kier alpha value is -2.13. The molecular weight excluding hydrogens is 374 g/mol. The molecule has 3 rings (SSSR count). The Bertz CT molecular complexity index is 820. The predicted molar refractivity (Wildman–Crippen MR) is 107 cm³/mol. The number of ketones is 1. The lowest BCUT2D eigenvalue weighted by Gasteiger charge is -2.22. The zero-order valence-corrected chi connectivity index (χ0v) is 16.2. The van der Waals surface area contributed by atoms with Crippen molar-refractivity contribution in [2.45, 2.75) is 19.3 Å². The molecule has 1 aliphatic heterocycles. The van der Waals surface area contributed by atoms with Gasteiger partial charge >= 0.3 is 0 Å². The third kappa shape index (κ3) is 4.29. The molecule has 128 valence electrons. The van der Waals surface area contributed by atoms with Crippen LogP contribution in [0.4, 0.5) is 0 Å². The van der Waals surface area contributed by atoms with E-state index in [2.05, 4.69) is 47.1 Å². The number of rotatable bonds is 5. The number of allylic oxidation sites excluding steroid dienone is 2. The van der Waals surface area contributed by atoms with Crippen molar-refractivity contribution in [1.29, 1.82) is 0 Å². The second-order valence-electron chi connectivity index (χ2n) is 6.51. The summed E-state index contributed by atoms with van der Waals surface area (Å²) in [5.74, 6) is 0.238. The molecule has 1 atom stereocenters. The smallest absolute Gasteiger partial charge is 0.165 e. The fourth-order valence-electron chi connectivity index (χ4n) is 3.23. The molecular formula is C22H22BrNO. The molecule has 0 amide bonds. The lowest BCUT2D eigenvalue weighted by molar-refractivity contribution is -0.115. The molecule has 0 aliphatic carbocycles. The molecule has 0 fully saturated rings. The summed E-state index contributed by atoms with van der Waals surface area (Å²) in [6, 6.07) is 16.6. The van der Waals surface area contributed by atoms with E-state index in [0.717, 1.165) is 16.6 Å². The number of benzene rings is 2. The summed E-state index contributed by atoms with van der Waals surface area (Å²) in [5.41, 5.74) is 4.38. The van der Waals surface area contributed by atoms with Crippen molar-refractivity contribution in [2.24, 2.45) is 0 Å². The average molecular weight is 396 g/mol. The van der Waals surface area contributed by atoms with E-state index in [0.29, 0.717) is 6.42 Å². The standard InChI is InChI=1S/C22H22BrNO/c1-16-6-3-4-8-20(16)21(17-9-11-19(23)12-10-17)14-22(25)18-7-5-13-24(2)15-18/h3-12,15,21H,13-14H2,1-2H3/t21-/m0/s1. The van der Waals surface area contributed by atoms with Gasteiger partial charge in [-0.1, -0.05) is 64.5 Å². The third-order valence-corrected chi connectivity index (χ3v) is 5.13. The molecule has 0 radical (unpaired) electrons. The number of carbonyl (C=O) groups excluding carboxylic acids is 1. The van der Waals surface area contributed by atoms with Crippen LogP contribution < -0.4 is 0 Å². The molecule has 1 aliphatic rings. The lowest BCUT2D eigenvalue weighted by Crippen LogP contribution is -2.18. The fourth-order valence-corrected chi connectivity index (χ4v) is 3.49. The molecule has 25 heavy (non-hydrogen) atoms. The third-order valence-electron chi connectivity index (χ3n) is 4.60. The van der Waals surface area contributed by atoms with Gasteiger partial charge in [-0.2, -0.15) is 0 Å². The Balaban J connectivity index is 1.94. The first kappa shape index (κ1) is 17.7. The maximum Gasteiger partial charge on any atom is 0.165 e. The summed E-state index contributed by atoms with van der Waals surface area (Å²) in [7, 11) is 1.99. The summed E-state index contributed by atoms with van der Waals surface area (Å²) < 4.78 is 1.05. The maximum absolute atomic E-state index is 12.9. The fraction of sp³-hybridized carbons (Fsp3) is 0.227. The quantitative estimate of drug-likeness (QED) is 0.690. The normalized spacial score (nSPS) is 15.0.